The van der Waals surface area contributed by atoms with E-state index in [4.69, 9.17) is 8.83 Å². The van der Waals surface area contributed by atoms with Crippen LogP contribution in [0.15, 0.2) is 185 Å². The summed E-state index contributed by atoms with van der Waals surface area (Å²) in [7, 11) is 0. The van der Waals surface area contributed by atoms with E-state index in [1.807, 2.05) is 24.3 Å². The standard InChI is InChI=1S/C48H29NO2/c1-2-10-36-31(9-1)19-22-33-23-20-32-21-24-34(29-40(32)46(33)36)30-25-27-35(28-26-30)49(41-14-8-18-45-47(41)39-12-4-6-17-44(39)50-45)42-15-7-13-38-37-11-3-5-16-43(37)51-48(38)42/h1-29H. The minimum Gasteiger partial charge on any atom is -0.456 e. The summed E-state index contributed by atoms with van der Waals surface area (Å²) in [6, 6.07) is 62.6. The molecule has 9 aromatic carbocycles. The van der Waals surface area contributed by atoms with Crippen LogP contribution in [-0.4, -0.2) is 0 Å². The highest BCUT2D eigenvalue weighted by atomic mass is 16.3. The van der Waals surface area contributed by atoms with Crippen molar-refractivity contribution in [2.75, 3.05) is 4.90 Å². The van der Waals surface area contributed by atoms with Crippen LogP contribution in [-0.2, 0) is 0 Å². The Morgan fingerprint density at radius 2 is 0.922 bits per heavy atom. The van der Waals surface area contributed by atoms with Crippen LogP contribution in [0, 0.1) is 0 Å². The average Bonchev–Trinajstić information content (AvgIpc) is 3.77. The fourth-order valence-electron chi connectivity index (χ4n) is 8.07. The Hall–Kier alpha value is -6.84. The maximum Gasteiger partial charge on any atom is 0.159 e. The van der Waals surface area contributed by atoms with Gasteiger partial charge in [-0.15, -0.1) is 0 Å². The summed E-state index contributed by atoms with van der Waals surface area (Å²) in [4.78, 5) is 2.32. The molecule has 0 fully saturated rings. The van der Waals surface area contributed by atoms with E-state index >= 15 is 0 Å². The van der Waals surface area contributed by atoms with Crippen molar-refractivity contribution < 1.29 is 8.83 Å². The van der Waals surface area contributed by atoms with E-state index in [-0.39, 0.29) is 0 Å². The van der Waals surface area contributed by atoms with Crippen LogP contribution in [0.3, 0.4) is 0 Å². The Morgan fingerprint density at radius 1 is 0.333 bits per heavy atom. The molecule has 0 aliphatic heterocycles. The summed E-state index contributed by atoms with van der Waals surface area (Å²) in [5.41, 5.74) is 8.81. The number of benzene rings is 9. The van der Waals surface area contributed by atoms with Crippen molar-refractivity contribution >= 4 is 93.3 Å². The predicted octanol–water partition coefficient (Wildman–Crippen LogP) is 14.1. The van der Waals surface area contributed by atoms with Crippen molar-refractivity contribution in [2.45, 2.75) is 0 Å². The first-order valence-corrected chi connectivity index (χ1v) is 17.3. The Labute approximate surface area is 293 Å². The first-order chi connectivity index (χ1) is 25.3. The van der Waals surface area contributed by atoms with Crippen LogP contribution >= 0.6 is 0 Å². The topological polar surface area (TPSA) is 29.5 Å². The summed E-state index contributed by atoms with van der Waals surface area (Å²) in [5, 5.41) is 11.9. The summed E-state index contributed by atoms with van der Waals surface area (Å²) in [5.74, 6) is 0. The molecule has 51 heavy (non-hydrogen) atoms. The van der Waals surface area contributed by atoms with Gasteiger partial charge in [-0.3, -0.25) is 0 Å². The van der Waals surface area contributed by atoms with Gasteiger partial charge in [0.05, 0.1) is 16.8 Å². The SMILES string of the molecule is c1ccc2c(c1)ccc1ccc3ccc(-c4ccc(N(c5cccc6c5oc5ccccc56)c5cccc6oc7ccccc7c56)cc4)cc3c12. The van der Waals surface area contributed by atoms with Gasteiger partial charge in [-0.05, 0) is 92.0 Å². The Kier molecular flexibility index (Phi) is 5.96. The lowest BCUT2D eigenvalue weighted by Crippen LogP contribution is -2.10. The molecule has 0 saturated heterocycles. The quantitative estimate of drug-likeness (QED) is 0.177. The van der Waals surface area contributed by atoms with E-state index in [0.717, 1.165) is 66.5 Å². The Balaban J connectivity index is 1.12. The molecular formula is C48H29NO2. The van der Waals surface area contributed by atoms with Gasteiger partial charge in [0.1, 0.15) is 16.7 Å². The molecule has 238 valence electrons. The largest absolute Gasteiger partial charge is 0.456 e. The first-order valence-electron chi connectivity index (χ1n) is 17.3. The van der Waals surface area contributed by atoms with Gasteiger partial charge in [-0.1, -0.05) is 127 Å². The van der Waals surface area contributed by atoms with Crippen LogP contribution in [0.4, 0.5) is 17.1 Å². The van der Waals surface area contributed by atoms with E-state index in [1.54, 1.807) is 0 Å². The second kappa shape index (κ2) is 10.8. The summed E-state index contributed by atoms with van der Waals surface area (Å²) < 4.78 is 13.0. The highest BCUT2D eigenvalue weighted by molar-refractivity contribution is 6.21. The second-order valence-electron chi connectivity index (χ2n) is 13.3. The highest BCUT2D eigenvalue weighted by Gasteiger charge is 2.23. The van der Waals surface area contributed by atoms with Gasteiger partial charge in [-0.25, -0.2) is 0 Å². The molecular weight excluding hydrogens is 623 g/mol. The number of nitrogens with zero attached hydrogens (tertiary/aromatic N) is 1. The fourth-order valence-corrected chi connectivity index (χ4v) is 8.07. The minimum atomic E-state index is 0.848. The Morgan fingerprint density at radius 3 is 1.76 bits per heavy atom. The van der Waals surface area contributed by atoms with Crippen molar-refractivity contribution in [3.05, 3.63) is 176 Å². The molecule has 0 saturated carbocycles. The number of fused-ring (bicyclic) bond motifs is 11. The summed E-state index contributed by atoms with van der Waals surface area (Å²) in [6.07, 6.45) is 0. The number of hydrogen-bond donors (Lipinski definition) is 0. The number of anilines is 3. The number of para-hydroxylation sites is 3. The van der Waals surface area contributed by atoms with E-state index in [0.29, 0.717) is 0 Å². The number of hydrogen-bond acceptors (Lipinski definition) is 3. The smallest absolute Gasteiger partial charge is 0.159 e. The van der Waals surface area contributed by atoms with Gasteiger partial charge in [0, 0.05) is 21.8 Å². The first kappa shape index (κ1) is 28.0. The average molecular weight is 652 g/mol. The minimum absolute atomic E-state index is 0.848. The molecule has 11 rings (SSSR count). The van der Waals surface area contributed by atoms with Crippen LogP contribution in [0.2, 0.25) is 0 Å². The molecule has 2 heterocycles. The third-order valence-corrected chi connectivity index (χ3v) is 10.4. The molecule has 0 aliphatic rings. The van der Waals surface area contributed by atoms with Gasteiger partial charge in [0.15, 0.2) is 5.58 Å². The van der Waals surface area contributed by atoms with Crippen molar-refractivity contribution in [2.24, 2.45) is 0 Å². The molecule has 0 spiro atoms. The second-order valence-corrected chi connectivity index (χ2v) is 13.3. The molecule has 0 radical (unpaired) electrons. The van der Waals surface area contributed by atoms with Gasteiger partial charge in [-0.2, -0.15) is 0 Å². The number of rotatable bonds is 4. The normalized spacial score (nSPS) is 11.9. The molecule has 11 aromatic rings. The van der Waals surface area contributed by atoms with Crippen molar-refractivity contribution in [3.8, 4) is 11.1 Å². The molecule has 0 aliphatic carbocycles. The fraction of sp³-hybridized carbons (Fsp3) is 0. The van der Waals surface area contributed by atoms with E-state index in [1.165, 1.54) is 37.9 Å². The third kappa shape index (κ3) is 4.25. The van der Waals surface area contributed by atoms with E-state index in [2.05, 4.69) is 157 Å². The molecule has 0 atom stereocenters. The molecule has 0 amide bonds. The van der Waals surface area contributed by atoms with Crippen LogP contribution < -0.4 is 4.90 Å². The lowest BCUT2D eigenvalue weighted by atomic mass is 9.94. The summed E-state index contributed by atoms with van der Waals surface area (Å²) in [6.45, 7) is 0. The van der Waals surface area contributed by atoms with Crippen LogP contribution in [0.1, 0.15) is 0 Å². The lowest BCUT2D eigenvalue weighted by Gasteiger charge is -2.26. The Bertz CT molecular complexity index is 3140. The zero-order valence-electron chi connectivity index (χ0n) is 27.5. The van der Waals surface area contributed by atoms with Gasteiger partial charge in [0.25, 0.3) is 0 Å². The lowest BCUT2D eigenvalue weighted by molar-refractivity contribution is 0.668. The van der Waals surface area contributed by atoms with Gasteiger partial charge >= 0.3 is 0 Å². The van der Waals surface area contributed by atoms with Crippen molar-refractivity contribution in [1.82, 2.24) is 0 Å². The molecule has 0 unspecified atom stereocenters. The summed E-state index contributed by atoms with van der Waals surface area (Å²) >= 11 is 0. The van der Waals surface area contributed by atoms with Crippen molar-refractivity contribution in [1.29, 1.82) is 0 Å². The van der Waals surface area contributed by atoms with Gasteiger partial charge < -0.3 is 13.7 Å². The zero-order valence-corrected chi connectivity index (χ0v) is 27.5. The maximum absolute atomic E-state index is 6.62. The predicted molar refractivity (Wildman–Crippen MR) is 214 cm³/mol. The highest BCUT2D eigenvalue weighted by Crippen LogP contribution is 2.46. The molecule has 3 nitrogen and oxygen atoms in total. The van der Waals surface area contributed by atoms with E-state index < -0.39 is 0 Å². The van der Waals surface area contributed by atoms with E-state index in [9.17, 15) is 0 Å². The van der Waals surface area contributed by atoms with Crippen LogP contribution in [0.5, 0.6) is 0 Å². The monoisotopic (exact) mass is 651 g/mol. The molecule has 0 N–H and O–H groups in total. The van der Waals surface area contributed by atoms with Gasteiger partial charge in [0.2, 0.25) is 0 Å². The molecule has 2 aromatic heterocycles. The number of furan rings is 2. The van der Waals surface area contributed by atoms with Crippen LogP contribution in [0.25, 0.3) is 87.3 Å². The third-order valence-electron chi connectivity index (χ3n) is 10.4. The molecule has 0 bridgehead atoms. The van der Waals surface area contributed by atoms with Crippen molar-refractivity contribution in [3.63, 3.8) is 0 Å². The maximum atomic E-state index is 6.62. The zero-order chi connectivity index (χ0) is 33.5. The molecule has 3 heteroatoms.